The van der Waals surface area contributed by atoms with Crippen LogP contribution < -0.4 is 16.4 Å². The Hall–Kier alpha value is -3.30. The smallest absolute Gasteiger partial charge is 0.307 e. The number of pyridine rings is 1. The highest BCUT2D eigenvalue weighted by Gasteiger charge is 2.21. The number of hydrogen-bond donors (Lipinski definition) is 3. The maximum Gasteiger partial charge on any atom is 0.377 e. The summed E-state index contributed by atoms with van der Waals surface area (Å²) in [4.78, 5) is 42.2. The molecule has 0 saturated carbocycles. The molecule has 2 aromatic heterocycles. The molecule has 0 spiro atoms. The van der Waals surface area contributed by atoms with E-state index in [0.29, 0.717) is 0 Å². The Kier molecular flexibility index (Phi) is 3.65. The van der Waals surface area contributed by atoms with E-state index in [2.05, 4.69) is 25.8 Å². The standard InChI is InChI=1S/C10H8N6O4/c17-9(6-3-1-2-4-11-6)15-14-8-7(16(19)20)10(18)13-5-12-8/h1-5H,(H,15,17)(H2,12,13,14,18). The molecule has 0 aromatic carbocycles. The number of nitro groups is 1. The minimum Gasteiger partial charge on any atom is -0.307 e. The Balaban J connectivity index is 2.16. The third-order valence-corrected chi connectivity index (χ3v) is 2.20. The Morgan fingerprint density at radius 3 is 2.80 bits per heavy atom. The number of carbonyl (C=O) groups excluding carboxylic acids is 1. The van der Waals surface area contributed by atoms with Crippen molar-refractivity contribution in [2.75, 3.05) is 5.43 Å². The molecule has 0 aliphatic carbocycles. The molecule has 0 bridgehead atoms. The fourth-order valence-corrected chi connectivity index (χ4v) is 1.33. The van der Waals surface area contributed by atoms with Gasteiger partial charge in [-0.05, 0) is 12.1 Å². The van der Waals surface area contributed by atoms with Crippen molar-refractivity contribution in [3.63, 3.8) is 0 Å². The van der Waals surface area contributed by atoms with Crippen LogP contribution in [0.2, 0.25) is 0 Å². The van der Waals surface area contributed by atoms with Crippen LogP contribution in [0, 0.1) is 10.1 Å². The molecule has 3 N–H and O–H groups in total. The number of carbonyl (C=O) groups is 1. The first-order valence-electron chi connectivity index (χ1n) is 5.29. The molecule has 1 amide bonds. The van der Waals surface area contributed by atoms with Crippen LogP contribution in [0.4, 0.5) is 11.5 Å². The molecule has 0 aliphatic heterocycles. The lowest BCUT2D eigenvalue weighted by atomic mass is 10.3. The van der Waals surface area contributed by atoms with Gasteiger partial charge in [0.25, 0.3) is 5.91 Å². The number of H-pyrrole nitrogens is 1. The highest BCUT2D eigenvalue weighted by Crippen LogP contribution is 2.13. The quantitative estimate of drug-likeness (QED) is 0.519. The van der Waals surface area contributed by atoms with Crippen LogP contribution in [0.1, 0.15) is 10.5 Å². The van der Waals surface area contributed by atoms with Crippen LogP contribution in [0.15, 0.2) is 35.5 Å². The molecule has 0 unspecified atom stereocenters. The molecule has 0 atom stereocenters. The third kappa shape index (κ3) is 2.75. The summed E-state index contributed by atoms with van der Waals surface area (Å²) < 4.78 is 0. The number of amides is 1. The second-order valence-corrected chi connectivity index (χ2v) is 3.48. The van der Waals surface area contributed by atoms with Gasteiger partial charge in [-0.2, -0.15) is 0 Å². The average molecular weight is 276 g/mol. The second kappa shape index (κ2) is 5.56. The summed E-state index contributed by atoms with van der Waals surface area (Å²) >= 11 is 0. The number of rotatable bonds is 4. The van der Waals surface area contributed by atoms with E-state index in [1.165, 1.54) is 12.3 Å². The largest absolute Gasteiger partial charge is 0.377 e. The van der Waals surface area contributed by atoms with E-state index in [-0.39, 0.29) is 11.5 Å². The number of aromatic amines is 1. The zero-order valence-corrected chi connectivity index (χ0v) is 9.86. The van der Waals surface area contributed by atoms with E-state index in [4.69, 9.17) is 0 Å². The molecule has 2 heterocycles. The lowest BCUT2D eigenvalue weighted by Gasteiger charge is -2.06. The summed E-state index contributed by atoms with van der Waals surface area (Å²) in [7, 11) is 0. The van der Waals surface area contributed by atoms with Crippen LogP contribution in [0.5, 0.6) is 0 Å². The van der Waals surface area contributed by atoms with E-state index < -0.39 is 22.1 Å². The molecule has 0 fully saturated rings. The molecule has 0 saturated heterocycles. The fraction of sp³-hybridized carbons (Fsp3) is 0. The number of hydrogen-bond acceptors (Lipinski definition) is 7. The fourth-order valence-electron chi connectivity index (χ4n) is 1.33. The summed E-state index contributed by atoms with van der Waals surface area (Å²) in [6, 6.07) is 4.69. The average Bonchev–Trinajstić information content (AvgIpc) is 2.45. The van der Waals surface area contributed by atoms with E-state index in [1.807, 2.05) is 0 Å². The van der Waals surface area contributed by atoms with Crippen molar-refractivity contribution in [2.24, 2.45) is 0 Å². The minimum atomic E-state index is -0.931. The van der Waals surface area contributed by atoms with Crippen molar-refractivity contribution in [1.29, 1.82) is 0 Å². The molecule has 10 nitrogen and oxygen atoms in total. The topological polar surface area (TPSA) is 143 Å². The number of aromatic nitrogens is 3. The van der Waals surface area contributed by atoms with Gasteiger partial charge in [0, 0.05) is 6.20 Å². The summed E-state index contributed by atoms with van der Waals surface area (Å²) in [5.74, 6) is -0.995. The van der Waals surface area contributed by atoms with Crippen molar-refractivity contribution < 1.29 is 9.72 Å². The lowest BCUT2D eigenvalue weighted by Crippen LogP contribution is -2.31. The zero-order valence-electron chi connectivity index (χ0n) is 9.86. The summed E-state index contributed by atoms with van der Waals surface area (Å²) in [6.07, 6.45) is 2.40. The van der Waals surface area contributed by atoms with Crippen LogP contribution in [0.25, 0.3) is 0 Å². The molecular formula is C10H8N6O4. The monoisotopic (exact) mass is 276 g/mol. The van der Waals surface area contributed by atoms with Crippen molar-refractivity contribution in [3.8, 4) is 0 Å². The normalized spacial score (nSPS) is 9.80. The SMILES string of the molecule is O=C(NNc1nc[nH]c(=O)c1[N+](=O)[O-])c1ccccn1. The van der Waals surface area contributed by atoms with Gasteiger partial charge in [0.1, 0.15) is 5.69 Å². The van der Waals surface area contributed by atoms with Crippen molar-refractivity contribution in [1.82, 2.24) is 20.4 Å². The van der Waals surface area contributed by atoms with Gasteiger partial charge < -0.3 is 4.98 Å². The first-order chi connectivity index (χ1) is 9.59. The molecule has 20 heavy (non-hydrogen) atoms. The maximum absolute atomic E-state index is 11.7. The van der Waals surface area contributed by atoms with Crippen LogP contribution in [0.3, 0.4) is 0 Å². The molecule has 2 rings (SSSR count). The highest BCUT2D eigenvalue weighted by atomic mass is 16.6. The lowest BCUT2D eigenvalue weighted by molar-refractivity contribution is -0.385. The Morgan fingerprint density at radius 2 is 2.15 bits per heavy atom. The van der Waals surface area contributed by atoms with Gasteiger partial charge in [-0.1, -0.05) is 6.07 Å². The van der Waals surface area contributed by atoms with E-state index >= 15 is 0 Å². The summed E-state index contributed by atoms with van der Waals surface area (Å²) in [6.45, 7) is 0. The molecule has 2 aromatic rings. The maximum atomic E-state index is 11.7. The van der Waals surface area contributed by atoms with E-state index in [1.54, 1.807) is 12.1 Å². The highest BCUT2D eigenvalue weighted by molar-refractivity contribution is 5.92. The first kappa shape index (κ1) is 13.1. The van der Waals surface area contributed by atoms with Gasteiger partial charge >= 0.3 is 11.2 Å². The molecule has 10 heteroatoms. The number of nitrogens with zero attached hydrogens (tertiary/aromatic N) is 3. The van der Waals surface area contributed by atoms with Gasteiger partial charge in [-0.3, -0.25) is 35.5 Å². The predicted octanol–water partition coefficient (Wildman–Crippen LogP) is -0.170. The minimum absolute atomic E-state index is 0.104. The second-order valence-electron chi connectivity index (χ2n) is 3.48. The van der Waals surface area contributed by atoms with Crippen LogP contribution in [-0.2, 0) is 0 Å². The Morgan fingerprint density at radius 1 is 1.35 bits per heavy atom. The molecule has 0 aliphatic rings. The van der Waals surface area contributed by atoms with Gasteiger partial charge in [0.05, 0.1) is 11.3 Å². The van der Waals surface area contributed by atoms with Crippen LogP contribution in [-0.4, -0.2) is 25.8 Å². The number of nitrogens with one attached hydrogen (secondary N) is 3. The summed E-state index contributed by atoms with van der Waals surface area (Å²) in [5.41, 5.74) is 2.76. The third-order valence-electron chi connectivity index (χ3n) is 2.20. The van der Waals surface area contributed by atoms with Crippen molar-refractivity contribution in [2.45, 2.75) is 0 Å². The first-order valence-corrected chi connectivity index (χ1v) is 5.29. The van der Waals surface area contributed by atoms with Gasteiger partial charge in [0.15, 0.2) is 0 Å². The summed E-state index contributed by atoms with van der Waals surface area (Å²) in [5, 5.41) is 10.7. The molecule has 0 radical (unpaired) electrons. The number of anilines is 1. The van der Waals surface area contributed by atoms with Crippen molar-refractivity contribution in [3.05, 3.63) is 56.9 Å². The zero-order chi connectivity index (χ0) is 14.5. The number of hydrazine groups is 1. The Labute approximate surface area is 111 Å². The van der Waals surface area contributed by atoms with Gasteiger partial charge in [-0.25, -0.2) is 4.98 Å². The van der Waals surface area contributed by atoms with Gasteiger partial charge in [0.2, 0.25) is 5.82 Å². The predicted molar refractivity (Wildman–Crippen MR) is 66.8 cm³/mol. The van der Waals surface area contributed by atoms with E-state index in [0.717, 1.165) is 6.33 Å². The van der Waals surface area contributed by atoms with Crippen molar-refractivity contribution >= 4 is 17.4 Å². The molecular weight excluding hydrogens is 268 g/mol. The molecule has 102 valence electrons. The van der Waals surface area contributed by atoms with E-state index in [9.17, 15) is 19.7 Å². The Bertz CT molecular complexity index is 698. The van der Waals surface area contributed by atoms with Crippen LogP contribution >= 0.6 is 0 Å². The van der Waals surface area contributed by atoms with Gasteiger partial charge in [-0.15, -0.1) is 0 Å².